The molecule has 30 heavy (non-hydrogen) atoms. The Bertz CT molecular complexity index is 1260. The lowest BCUT2D eigenvalue weighted by Gasteiger charge is -2.19. The number of hydrogen-bond acceptors (Lipinski definition) is 5. The van der Waals surface area contributed by atoms with Crippen molar-refractivity contribution in [2.45, 2.75) is 28.5 Å². The molecule has 0 aromatic heterocycles. The van der Waals surface area contributed by atoms with Crippen molar-refractivity contribution in [2.24, 2.45) is 0 Å². The van der Waals surface area contributed by atoms with Gasteiger partial charge in [0.1, 0.15) is 0 Å². The Morgan fingerprint density at radius 3 is 1.70 bits per heavy atom. The minimum Gasteiger partial charge on any atom is -0.377 e. The summed E-state index contributed by atoms with van der Waals surface area (Å²) < 4.78 is 54.5. The fourth-order valence-corrected chi connectivity index (χ4v) is 5.54. The second-order valence-corrected chi connectivity index (χ2v) is 10.9. The first-order valence-corrected chi connectivity index (χ1v) is 12.2. The van der Waals surface area contributed by atoms with Crippen molar-refractivity contribution in [3.63, 3.8) is 0 Å². The molecule has 1 N–H and O–H groups in total. The van der Waals surface area contributed by atoms with Crippen LogP contribution in [0.3, 0.4) is 0 Å². The fourth-order valence-electron chi connectivity index (χ4n) is 2.94. The van der Waals surface area contributed by atoms with Crippen molar-refractivity contribution >= 4 is 31.2 Å². The standard InChI is InChI=1S/C22H24N2O4S2/c1-16-5-10-19(11-6-16)29(25,26)22-15-18(9-14-21(22)24(3)4)23-30(27,28)20-12-7-17(2)8-13-20/h5-15,23H,1-4H3. The average molecular weight is 445 g/mol. The second-order valence-electron chi connectivity index (χ2n) is 7.31. The van der Waals surface area contributed by atoms with Crippen LogP contribution in [-0.2, 0) is 19.9 Å². The third-order valence-corrected chi connectivity index (χ3v) is 7.84. The summed E-state index contributed by atoms with van der Waals surface area (Å²) in [6.45, 7) is 3.74. The van der Waals surface area contributed by atoms with Gasteiger partial charge in [-0.1, -0.05) is 35.4 Å². The van der Waals surface area contributed by atoms with E-state index in [1.807, 2.05) is 13.8 Å². The Morgan fingerprint density at radius 1 is 0.700 bits per heavy atom. The van der Waals surface area contributed by atoms with Gasteiger partial charge in [-0.05, 0) is 56.3 Å². The van der Waals surface area contributed by atoms with Gasteiger partial charge < -0.3 is 4.90 Å². The maximum Gasteiger partial charge on any atom is 0.261 e. The molecule has 0 aliphatic carbocycles. The molecular weight excluding hydrogens is 420 g/mol. The molecule has 3 aromatic rings. The maximum absolute atomic E-state index is 13.3. The first-order valence-electron chi connectivity index (χ1n) is 9.23. The van der Waals surface area contributed by atoms with Gasteiger partial charge in [0.2, 0.25) is 9.84 Å². The molecule has 0 aliphatic rings. The predicted octanol–water partition coefficient (Wildman–Crippen LogP) is 4.00. The third kappa shape index (κ3) is 4.49. The minimum absolute atomic E-state index is 0.0282. The van der Waals surface area contributed by atoms with Crippen molar-refractivity contribution in [3.05, 3.63) is 77.9 Å². The van der Waals surface area contributed by atoms with E-state index < -0.39 is 19.9 Å². The number of benzene rings is 3. The monoisotopic (exact) mass is 444 g/mol. The summed E-state index contributed by atoms with van der Waals surface area (Å²) in [5.74, 6) is 0. The van der Waals surface area contributed by atoms with Gasteiger partial charge in [0.25, 0.3) is 10.0 Å². The Kier molecular flexibility index (Phi) is 5.92. The summed E-state index contributed by atoms with van der Waals surface area (Å²) in [7, 11) is -4.24. The zero-order valence-electron chi connectivity index (χ0n) is 17.2. The number of nitrogens with zero attached hydrogens (tertiary/aromatic N) is 1. The largest absolute Gasteiger partial charge is 0.377 e. The molecule has 6 nitrogen and oxygen atoms in total. The zero-order chi connectivity index (χ0) is 22.1. The molecule has 0 atom stereocenters. The third-order valence-electron chi connectivity index (χ3n) is 4.65. The van der Waals surface area contributed by atoms with Crippen molar-refractivity contribution in [1.29, 1.82) is 0 Å². The van der Waals surface area contributed by atoms with Crippen LogP contribution < -0.4 is 9.62 Å². The van der Waals surface area contributed by atoms with E-state index in [0.717, 1.165) is 11.1 Å². The van der Waals surface area contributed by atoms with Crippen LogP contribution in [0.15, 0.2) is 81.4 Å². The number of nitrogens with one attached hydrogen (secondary N) is 1. The SMILES string of the molecule is Cc1ccc(S(=O)(=O)Nc2ccc(N(C)C)c(S(=O)(=O)c3ccc(C)cc3)c2)cc1. The number of rotatable bonds is 6. The van der Waals surface area contributed by atoms with E-state index in [-0.39, 0.29) is 20.4 Å². The topological polar surface area (TPSA) is 83.6 Å². The van der Waals surface area contributed by atoms with Crippen LogP contribution in [0.5, 0.6) is 0 Å². The van der Waals surface area contributed by atoms with Crippen LogP contribution >= 0.6 is 0 Å². The molecule has 8 heteroatoms. The molecule has 0 bridgehead atoms. The van der Waals surface area contributed by atoms with Crippen LogP contribution in [0.2, 0.25) is 0 Å². The van der Waals surface area contributed by atoms with Crippen LogP contribution in [0.1, 0.15) is 11.1 Å². The lowest BCUT2D eigenvalue weighted by atomic mass is 10.2. The van der Waals surface area contributed by atoms with E-state index in [0.29, 0.717) is 5.69 Å². The van der Waals surface area contributed by atoms with Gasteiger partial charge in [-0.25, -0.2) is 16.8 Å². The number of sulfone groups is 1. The lowest BCUT2D eigenvalue weighted by Crippen LogP contribution is -2.16. The summed E-state index contributed by atoms with van der Waals surface area (Å²) in [6.07, 6.45) is 0. The molecule has 0 radical (unpaired) electrons. The molecule has 0 unspecified atom stereocenters. The van der Waals surface area contributed by atoms with Crippen LogP contribution in [-0.4, -0.2) is 30.9 Å². The summed E-state index contributed by atoms with van der Waals surface area (Å²) in [5.41, 5.74) is 2.53. The molecule has 0 saturated heterocycles. The molecule has 0 fully saturated rings. The summed E-state index contributed by atoms with van der Waals surface area (Å²) in [6, 6.07) is 17.5. The van der Waals surface area contributed by atoms with Gasteiger partial charge in [0, 0.05) is 14.1 Å². The molecular formula is C22H24N2O4S2. The van der Waals surface area contributed by atoms with Crippen LogP contribution in [0.4, 0.5) is 11.4 Å². The smallest absolute Gasteiger partial charge is 0.261 e. The van der Waals surface area contributed by atoms with Crippen LogP contribution in [0, 0.1) is 13.8 Å². The Hall–Kier alpha value is -2.84. The Labute approximate surface area is 178 Å². The highest BCUT2D eigenvalue weighted by atomic mass is 32.2. The highest BCUT2D eigenvalue weighted by Crippen LogP contribution is 2.32. The van der Waals surface area contributed by atoms with Gasteiger partial charge in [0.15, 0.2) is 0 Å². The van der Waals surface area contributed by atoms with Gasteiger partial charge in [-0.2, -0.15) is 0 Å². The van der Waals surface area contributed by atoms with E-state index in [9.17, 15) is 16.8 Å². The van der Waals surface area contributed by atoms with Gasteiger partial charge in [-0.3, -0.25) is 4.72 Å². The highest BCUT2D eigenvalue weighted by molar-refractivity contribution is 7.93. The van der Waals surface area contributed by atoms with E-state index in [1.54, 1.807) is 67.5 Å². The van der Waals surface area contributed by atoms with Crippen molar-refractivity contribution < 1.29 is 16.8 Å². The van der Waals surface area contributed by atoms with Gasteiger partial charge in [0.05, 0.1) is 26.1 Å². The van der Waals surface area contributed by atoms with Gasteiger partial charge >= 0.3 is 0 Å². The molecule has 3 rings (SSSR count). The zero-order valence-corrected chi connectivity index (χ0v) is 18.9. The molecule has 0 saturated carbocycles. The van der Waals surface area contributed by atoms with Crippen molar-refractivity contribution in [1.82, 2.24) is 0 Å². The highest BCUT2D eigenvalue weighted by Gasteiger charge is 2.24. The lowest BCUT2D eigenvalue weighted by molar-refractivity contribution is 0.595. The normalized spacial score (nSPS) is 11.9. The Morgan fingerprint density at radius 2 is 1.20 bits per heavy atom. The first-order chi connectivity index (χ1) is 14.0. The Balaban J connectivity index is 2.07. The number of sulfonamides is 1. The summed E-state index contributed by atoms with van der Waals surface area (Å²) in [5, 5.41) is 0. The van der Waals surface area contributed by atoms with Gasteiger partial charge in [-0.15, -0.1) is 0 Å². The number of hydrogen-bond donors (Lipinski definition) is 1. The molecule has 0 heterocycles. The van der Waals surface area contributed by atoms with Crippen molar-refractivity contribution in [2.75, 3.05) is 23.7 Å². The molecule has 0 aliphatic heterocycles. The van der Waals surface area contributed by atoms with Crippen LogP contribution in [0.25, 0.3) is 0 Å². The van der Waals surface area contributed by atoms with Crippen molar-refractivity contribution in [3.8, 4) is 0 Å². The summed E-state index contributed by atoms with van der Waals surface area (Å²) >= 11 is 0. The average Bonchev–Trinajstić information content (AvgIpc) is 2.68. The second kappa shape index (κ2) is 8.12. The number of aryl methyl sites for hydroxylation is 2. The minimum atomic E-state index is -3.86. The molecule has 0 amide bonds. The maximum atomic E-state index is 13.3. The van der Waals surface area contributed by atoms with E-state index in [1.165, 1.54) is 18.2 Å². The molecule has 158 valence electrons. The quantitative estimate of drug-likeness (QED) is 0.621. The molecule has 0 spiro atoms. The predicted molar refractivity (Wildman–Crippen MR) is 119 cm³/mol. The number of anilines is 2. The van der Waals surface area contributed by atoms with E-state index >= 15 is 0 Å². The fraction of sp³-hybridized carbons (Fsp3) is 0.182. The first kappa shape index (κ1) is 21.9. The molecule has 3 aromatic carbocycles. The van der Waals surface area contributed by atoms with E-state index in [2.05, 4.69) is 4.72 Å². The van der Waals surface area contributed by atoms with E-state index in [4.69, 9.17) is 0 Å². The summed E-state index contributed by atoms with van der Waals surface area (Å²) in [4.78, 5) is 1.96.